The molecule has 0 unspecified atom stereocenters. The minimum atomic E-state index is 0.533. The number of ether oxygens (including phenoxy) is 1. The zero-order chi connectivity index (χ0) is 15.5. The van der Waals surface area contributed by atoms with E-state index in [1.807, 2.05) is 0 Å². The van der Waals surface area contributed by atoms with E-state index >= 15 is 0 Å². The smallest absolute Gasteiger partial charge is 0.0898 e. The molecule has 2 saturated carbocycles. The highest BCUT2D eigenvalue weighted by Gasteiger charge is 2.12. The van der Waals surface area contributed by atoms with E-state index in [0.717, 1.165) is 26.3 Å². The lowest BCUT2D eigenvalue weighted by molar-refractivity contribution is 0.0503. The Bertz CT molecular complexity index is 312. The summed E-state index contributed by atoms with van der Waals surface area (Å²) in [5.74, 6) is 0. The largest absolute Gasteiger partial charge is 0.379 e. The van der Waals surface area contributed by atoms with E-state index in [2.05, 4.69) is 27.9 Å². The summed E-state index contributed by atoms with van der Waals surface area (Å²) in [6, 6.07) is 4.04. The van der Waals surface area contributed by atoms with E-state index in [1.54, 1.807) is 0 Å². The van der Waals surface area contributed by atoms with Crippen molar-refractivity contribution in [2.24, 2.45) is 9.98 Å². The first-order valence-corrected chi connectivity index (χ1v) is 9.25. The highest BCUT2D eigenvalue weighted by Crippen LogP contribution is 2.21. The fourth-order valence-electron chi connectivity index (χ4n) is 3.27. The average Bonchev–Trinajstić information content (AvgIpc) is 2.58. The number of aliphatic imine (C=N–C) groups is 2. The predicted octanol–water partition coefficient (Wildman–Crippen LogP) is 3.77. The summed E-state index contributed by atoms with van der Waals surface area (Å²) in [7, 11) is 2.11. The van der Waals surface area contributed by atoms with Gasteiger partial charge < -0.3 is 9.64 Å². The lowest BCUT2D eigenvalue weighted by atomic mass is 9.96. The molecule has 4 nitrogen and oxygen atoms in total. The third-order valence-corrected chi connectivity index (χ3v) is 4.86. The van der Waals surface area contributed by atoms with Gasteiger partial charge >= 0.3 is 0 Å². The van der Waals surface area contributed by atoms with Crippen LogP contribution in [0.3, 0.4) is 0 Å². The monoisotopic (exact) mass is 307 g/mol. The Morgan fingerprint density at radius 2 is 1.23 bits per heavy atom. The summed E-state index contributed by atoms with van der Waals surface area (Å²) < 4.78 is 5.10. The maximum Gasteiger partial charge on any atom is 0.0898 e. The van der Waals surface area contributed by atoms with Gasteiger partial charge in [0.1, 0.15) is 0 Å². The fourth-order valence-corrected chi connectivity index (χ4v) is 3.27. The molecule has 1 heterocycles. The van der Waals surface area contributed by atoms with E-state index in [4.69, 9.17) is 4.74 Å². The van der Waals surface area contributed by atoms with Crippen LogP contribution in [0.1, 0.15) is 64.2 Å². The normalized spacial score (nSPS) is 24.8. The molecule has 0 spiro atoms. The van der Waals surface area contributed by atoms with E-state index in [-0.39, 0.29) is 0 Å². The zero-order valence-electron chi connectivity index (χ0n) is 14.3. The first kappa shape index (κ1) is 17.7. The highest BCUT2D eigenvalue weighted by molar-refractivity contribution is 5.42. The Balaban J connectivity index is 0.000000211. The molecule has 0 aromatic carbocycles. The summed E-state index contributed by atoms with van der Waals surface area (Å²) in [6.07, 6.45) is 13.2. The summed E-state index contributed by atoms with van der Waals surface area (Å²) in [6.45, 7) is 4.02. The first-order chi connectivity index (χ1) is 10.8. The molecular formula is C18H33N3O. The second-order valence-electron chi connectivity index (χ2n) is 6.86. The highest BCUT2D eigenvalue weighted by atomic mass is 16.5. The maximum absolute atomic E-state index is 5.10. The van der Waals surface area contributed by atoms with Crippen LogP contribution in [0.4, 0.5) is 0 Å². The van der Waals surface area contributed by atoms with Crippen molar-refractivity contribution in [3.63, 3.8) is 0 Å². The number of rotatable bonds is 2. The van der Waals surface area contributed by atoms with Gasteiger partial charge in [0.25, 0.3) is 0 Å². The second kappa shape index (κ2) is 10.9. The molecule has 1 aliphatic heterocycles. The second-order valence-corrected chi connectivity index (χ2v) is 6.86. The SMILES string of the molecule is C(=NC1CCCCC1)=NC1CCCCC1.CN1CCOCC1. The molecule has 0 radical (unpaired) electrons. The molecule has 0 N–H and O–H groups in total. The van der Waals surface area contributed by atoms with Gasteiger partial charge in [-0.25, -0.2) is 9.98 Å². The number of hydrogen-bond donors (Lipinski definition) is 0. The van der Waals surface area contributed by atoms with E-state index < -0.39 is 0 Å². The van der Waals surface area contributed by atoms with Crippen LogP contribution < -0.4 is 0 Å². The van der Waals surface area contributed by atoms with Gasteiger partial charge in [0.05, 0.1) is 31.3 Å². The molecule has 3 fully saturated rings. The zero-order valence-corrected chi connectivity index (χ0v) is 14.3. The van der Waals surface area contributed by atoms with Gasteiger partial charge in [0.15, 0.2) is 0 Å². The minimum absolute atomic E-state index is 0.533. The molecule has 1 saturated heterocycles. The molecule has 0 amide bonds. The van der Waals surface area contributed by atoms with Crippen LogP contribution in [0.25, 0.3) is 0 Å². The van der Waals surface area contributed by atoms with Crippen LogP contribution in [0, 0.1) is 0 Å². The van der Waals surface area contributed by atoms with Crippen molar-refractivity contribution in [2.75, 3.05) is 33.4 Å². The first-order valence-electron chi connectivity index (χ1n) is 9.25. The lowest BCUT2D eigenvalue weighted by Gasteiger charge is -2.21. The molecule has 4 heteroatoms. The van der Waals surface area contributed by atoms with Crippen molar-refractivity contribution in [1.29, 1.82) is 0 Å². The molecular weight excluding hydrogens is 274 g/mol. The van der Waals surface area contributed by atoms with E-state index in [9.17, 15) is 0 Å². The third-order valence-electron chi connectivity index (χ3n) is 4.86. The fraction of sp³-hybridized carbons (Fsp3) is 0.944. The van der Waals surface area contributed by atoms with Crippen molar-refractivity contribution in [1.82, 2.24) is 4.90 Å². The molecule has 3 aliphatic rings. The summed E-state index contributed by atoms with van der Waals surface area (Å²) in [5, 5.41) is 0. The van der Waals surface area contributed by atoms with Crippen molar-refractivity contribution < 1.29 is 4.74 Å². The summed E-state index contributed by atoms with van der Waals surface area (Å²) in [5.41, 5.74) is 0. The molecule has 0 atom stereocenters. The number of nitrogens with zero attached hydrogens (tertiary/aromatic N) is 3. The number of likely N-dealkylation sites (N-methyl/N-ethyl adjacent to an activating group) is 1. The molecule has 0 bridgehead atoms. The lowest BCUT2D eigenvalue weighted by Crippen LogP contribution is -2.32. The quantitative estimate of drug-likeness (QED) is 0.728. The van der Waals surface area contributed by atoms with Gasteiger partial charge in [-0.2, -0.15) is 0 Å². The molecule has 0 aromatic rings. The van der Waals surface area contributed by atoms with Crippen molar-refractivity contribution in [3.05, 3.63) is 0 Å². The van der Waals surface area contributed by atoms with Crippen LogP contribution in [0.2, 0.25) is 0 Å². The minimum Gasteiger partial charge on any atom is -0.379 e. The van der Waals surface area contributed by atoms with Gasteiger partial charge in [-0.3, -0.25) is 0 Å². The Morgan fingerprint density at radius 3 is 1.59 bits per heavy atom. The Labute approximate surface area is 136 Å². The standard InChI is InChI=1S/C13H22N2.C5H11NO/c1-3-7-12(8-4-1)14-11-15-13-9-5-2-6-10-13;1-6-2-4-7-5-3-6/h12-13H,1-10H2;2-5H2,1H3. The van der Waals surface area contributed by atoms with E-state index in [1.165, 1.54) is 64.2 Å². The summed E-state index contributed by atoms with van der Waals surface area (Å²) >= 11 is 0. The molecule has 0 aromatic heterocycles. The number of morpholine rings is 1. The Hall–Kier alpha value is -0.700. The van der Waals surface area contributed by atoms with Gasteiger partial charge in [0, 0.05) is 13.1 Å². The van der Waals surface area contributed by atoms with Gasteiger partial charge in [-0.15, -0.1) is 0 Å². The van der Waals surface area contributed by atoms with Crippen molar-refractivity contribution in [2.45, 2.75) is 76.3 Å². The van der Waals surface area contributed by atoms with E-state index in [0.29, 0.717) is 12.1 Å². The summed E-state index contributed by atoms with van der Waals surface area (Å²) in [4.78, 5) is 11.2. The van der Waals surface area contributed by atoms with Crippen LogP contribution in [0.15, 0.2) is 9.98 Å². The van der Waals surface area contributed by atoms with Crippen LogP contribution >= 0.6 is 0 Å². The Morgan fingerprint density at radius 1 is 0.773 bits per heavy atom. The molecule has 22 heavy (non-hydrogen) atoms. The molecule has 126 valence electrons. The predicted molar refractivity (Wildman–Crippen MR) is 91.9 cm³/mol. The van der Waals surface area contributed by atoms with Gasteiger partial charge in [0.2, 0.25) is 0 Å². The average molecular weight is 307 g/mol. The maximum atomic E-state index is 5.10. The number of hydrogen-bond acceptors (Lipinski definition) is 4. The van der Waals surface area contributed by atoms with Crippen molar-refractivity contribution >= 4 is 6.01 Å². The van der Waals surface area contributed by atoms with Crippen LogP contribution in [0.5, 0.6) is 0 Å². The third kappa shape index (κ3) is 7.53. The Kier molecular flexibility index (Phi) is 8.77. The van der Waals surface area contributed by atoms with Crippen LogP contribution in [-0.2, 0) is 4.74 Å². The molecule has 2 aliphatic carbocycles. The van der Waals surface area contributed by atoms with Crippen molar-refractivity contribution in [3.8, 4) is 0 Å². The van der Waals surface area contributed by atoms with Gasteiger partial charge in [-0.1, -0.05) is 38.5 Å². The molecule has 3 rings (SSSR count). The topological polar surface area (TPSA) is 37.2 Å². The van der Waals surface area contributed by atoms with Crippen LogP contribution in [-0.4, -0.2) is 56.3 Å². The van der Waals surface area contributed by atoms with Gasteiger partial charge in [-0.05, 0) is 32.7 Å².